The first kappa shape index (κ1) is 19.3. The quantitative estimate of drug-likeness (QED) is 0.789. The molecule has 1 spiro atoms. The van der Waals surface area contributed by atoms with Crippen molar-refractivity contribution < 1.29 is 14.2 Å². The molecule has 0 saturated carbocycles. The van der Waals surface area contributed by atoms with Gasteiger partial charge in [0, 0.05) is 51.7 Å². The summed E-state index contributed by atoms with van der Waals surface area (Å²) < 4.78 is 17.5. The Morgan fingerprint density at radius 1 is 0.929 bits per heavy atom. The van der Waals surface area contributed by atoms with Crippen molar-refractivity contribution in [3.8, 4) is 5.75 Å². The van der Waals surface area contributed by atoms with Crippen LogP contribution in [0.25, 0.3) is 0 Å². The number of ether oxygens (including phenoxy) is 3. The number of rotatable bonds is 5. The summed E-state index contributed by atoms with van der Waals surface area (Å²) in [5.41, 5.74) is 2.30. The van der Waals surface area contributed by atoms with Gasteiger partial charge in [-0.25, -0.2) is 0 Å². The lowest BCUT2D eigenvalue weighted by Crippen LogP contribution is -2.58. The maximum absolute atomic E-state index is 6.32. The smallest absolute Gasteiger partial charge is 0.118 e. The second-order valence-electron chi connectivity index (χ2n) is 7.71. The molecular weight excluding hydrogens is 354 g/mol. The van der Waals surface area contributed by atoms with E-state index in [1.807, 2.05) is 24.5 Å². The van der Waals surface area contributed by atoms with Gasteiger partial charge in [-0.3, -0.25) is 14.8 Å². The molecule has 150 valence electrons. The zero-order valence-electron chi connectivity index (χ0n) is 16.5. The number of morpholine rings is 1. The maximum Gasteiger partial charge on any atom is 0.118 e. The molecule has 2 aromatic rings. The van der Waals surface area contributed by atoms with E-state index in [9.17, 15) is 0 Å². The van der Waals surface area contributed by atoms with Crippen LogP contribution in [0, 0.1) is 0 Å². The lowest BCUT2D eigenvalue weighted by molar-refractivity contribution is -0.143. The average Bonchev–Trinajstić information content (AvgIpc) is 2.91. The molecule has 28 heavy (non-hydrogen) atoms. The van der Waals surface area contributed by atoms with Gasteiger partial charge < -0.3 is 14.2 Å². The predicted octanol–water partition coefficient (Wildman–Crippen LogP) is 2.19. The number of pyridine rings is 1. The first-order valence-corrected chi connectivity index (χ1v) is 9.93. The van der Waals surface area contributed by atoms with Crippen LogP contribution in [-0.4, -0.2) is 73.5 Å². The van der Waals surface area contributed by atoms with E-state index in [1.165, 1.54) is 11.1 Å². The lowest BCUT2D eigenvalue weighted by atomic mass is 10.0. The van der Waals surface area contributed by atoms with Crippen LogP contribution in [0.2, 0.25) is 0 Å². The van der Waals surface area contributed by atoms with Crippen molar-refractivity contribution in [2.75, 3.05) is 53.1 Å². The van der Waals surface area contributed by atoms with Gasteiger partial charge in [-0.1, -0.05) is 12.1 Å². The van der Waals surface area contributed by atoms with E-state index >= 15 is 0 Å². The summed E-state index contributed by atoms with van der Waals surface area (Å²) in [7, 11) is 1.70. The number of hydrogen-bond acceptors (Lipinski definition) is 6. The van der Waals surface area contributed by atoms with Gasteiger partial charge in [-0.05, 0) is 35.4 Å². The molecule has 0 radical (unpaired) electrons. The molecule has 2 aliphatic heterocycles. The van der Waals surface area contributed by atoms with Crippen LogP contribution in [0.3, 0.4) is 0 Å². The summed E-state index contributed by atoms with van der Waals surface area (Å²) in [6.07, 6.45) is 3.71. The summed E-state index contributed by atoms with van der Waals surface area (Å²) in [4.78, 5) is 9.04. The first-order chi connectivity index (χ1) is 13.7. The normalized spacial score (nSPS) is 24.2. The third kappa shape index (κ3) is 4.89. The molecule has 0 aliphatic carbocycles. The number of nitrogens with zero attached hydrogens (tertiary/aromatic N) is 3. The molecule has 0 N–H and O–H groups in total. The van der Waals surface area contributed by atoms with Gasteiger partial charge in [-0.2, -0.15) is 0 Å². The van der Waals surface area contributed by atoms with Crippen molar-refractivity contribution in [1.29, 1.82) is 0 Å². The second kappa shape index (κ2) is 9.01. The van der Waals surface area contributed by atoms with Crippen LogP contribution < -0.4 is 4.74 Å². The molecule has 6 heteroatoms. The van der Waals surface area contributed by atoms with Crippen LogP contribution in [0.1, 0.15) is 11.1 Å². The summed E-state index contributed by atoms with van der Waals surface area (Å²) in [5, 5.41) is 0. The van der Waals surface area contributed by atoms with Crippen LogP contribution in [-0.2, 0) is 22.6 Å². The van der Waals surface area contributed by atoms with Gasteiger partial charge >= 0.3 is 0 Å². The fourth-order valence-corrected chi connectivity index (χ4v) is 4.10. The van der Waals surface area contributed by atoms with Crippen molar-refractivity contribution in [2.24, 2.45) is 0 Å². The van der Waals surface area contributed by atoms with Crippen LogP contribution in [0.15, 0.2) is 48.8 Å². The molecule has 0 amide bonds. The van der Waals surface area contributed by atoms with E-state index in [2.05, 4.69) is 39.0 Å². The third-order valence-electron chi connectivity index (χ3n) is 5.48. The molecule has 0 bridgehead atoms. The Labute approximate surface area is 167 Å². The van der Waals surface area contributed by atoms with Gasteiger partial charge in [0.1, 0.15) is 11.4 Å². The monoisotopic (exact) mass is 383 g/mol. The predicted molar refractivity (Wildman–Crippen MR) is 107 cm³/mol. The number of hydrogen-bond donors (Lipinski definition) is 0. The van der Waals surface area contributed by atoms with Gasteiger partial charge in [0.05, 0.1) is 26.9 Å². The van der Waals surface area contributed by atoms with Gasteiger partial charge in [0.2, 0.25) is 0 Å². The molecule has 1 aromatic heterocycles. The number of methoxy groups -OCH3 is 1. The minimum absolute atomic E-state index is 0.270. The lowest BCUT2D eigenvalue weighted by Gasteiger charge is -2.43. The van der Waals surface area contributed by atoms with Gasteiger partial charge in [-0.15, -0.1) is 0 Å². The summed E-state index contributed by atoms with van der Waals surface area (Å²) in [5.74, 6) is 0.895. The highest BCUT2D eigenvalue weighted by Crippen LogP contribution is 2.25. The summed E-state index contributed by atoms with van der Waals surface area (Å²) in [6.45, 7) is 7.58. The van der Waals surface area contributed by atoms with Crippen molar-refractivity contribution >= 4 is 0 Å². The molecule has 2 fully saturated rings. The number of aromatic nitrogens is 1. The third-order valence-corrected chi connectivity index (χ3v) is 5.48. The first-order valence-electron chi connectivity index (χ1n) is 9.93. The van der Waals surface area contributed by atoms with Crippen LogP contribution in [0.5, 0.6) is 5.75 Å². The Bertz CT molecular complexity index is 740. The molecule has 4 rings (SSSR count). The highest BCUT2D eigenvalue weighted by atomic mass is 16.5. The van der Waals surface area contributed by atoms with Crippen molar-refractivity contribution in [3.63, 3.8) is 0 Å². The standard InChI is InChI=1S/C22H29N3O3/c1-26-21-4-2-19(3-5-21)14-25-11-13-28-22(17-25)16-24(10-12-27-18-22)15-20-6-8-23-9-7-20/h2-9H,10-18H2,1H3/t22-/m1/s1. The van der Waals surface area contributed by atoms with E-state index < -0.39 is 0 Å². The highest BCUT2D eigenvalue weighted by molar-refractivity contribution is 5.27. The Kier molecular flexibility index (Phi) is 6.22. The zero-order chi connectivity index (χ0) is 19.2. The van der Waals surface area contributed by atoms with Crippen LogP contribution in [0.4, 0.5) is 0 Å². The molecule has 1 atom stereocenters. The van der Waals surface area contributed by atoms with E-state index in [4.69, 9.17) is 14.2 Å². The largest absolute Gasteiger partial charge is 0.497 e. The van der Waals surface area contributed by atoms with Gasteiger partial charge in [0.15, 0.2) is 0 Å². The molecule has 1 aromatic carbocycles. The molecule has 3 heterocycles. The maximum atomic E-state index is 6.32. The highest BCUT2D eigenvalue weighted by Gasteiger charge is 2.40. The minimum atomic E-state index is -0.270. The van der Waals surface area contributed by atoms with E-state index in [1.54, 1.807) is 7.11 Å². The fourth-order valence-electron chi connectivity index (χ4n) is 4.10. The summed E-state index contributed by atoms with van der Waals surface area (Å²) >= 11 is 0. The molecular formula is C22H29N3O3. The molecule has 6 nitrogen and oxygen atoms in total. The van der Waals surface area contributed by atoms with Crippen molar-refractivity contribution in [2.45, 2.75) is 18.7 Å². The number of benzene rings is 1. The van der Waals surface area contributed by atoms with Crippen molar-refractivity contribution in [1.82, 2.24) is 14.8 Å². The second-order valence-corrected chi connectivity index (χ2v) is 7.71. The Morgan fingerprint density at radius 3 is 2.25 bits per heavy atom. The average molecular weight is 383 g/mol. The SMILES string of the molecule is COc1ccc(CN2CCO[C@@]3(COCCN(Cc4ccncc4)C3)C2)cc1. The van der Waals surface area contributed by atoms with Gasteiger partial charge in [0.25, 0.3) is 0 Å². The Balaban J connectivity index is 1.41. The Hall–Kier alpha value is -1.99. The van der Waals surface area contributed by atoms with E-state index in [0.717, 1.165) is 58.2 Å². The van der Waals surface area contributed by atoms with E-state index in [0.29, 0.717) is 6.61 Å². The Morgan fingerprint density at radius 2 is 1.57 bits per heavy atom. The zero-order valence-corrected chi connectivity index (χ0v) is 16.5. The van der Waals surface area contributed by atoms with Crippen molar-refractivity contribution in [3.05, 3.63) is 59.9 Å². The molecule has 2 aliphatic rings. The fraction of sp³-hybridized carbons (Fsp3) is 0.500. The van der Waals surface area contributed by atoms with Crippen LogP contribution >= 0.6 is 0 Å². The molecule has 0 unspecified atom stereocenters. The summed E-state index contributed by atoms with van der Waals surface area (Å²) in [6, 6.07) is 12.5. The molecule has 2 saturated heterocycles. The minimum Gasteiger partial charge on any atom is -0.497 e. The topological polar surface area (TPSA) is 47.1 Å². The van der Waals surface area contributed by atoms with E-state index in [-0.39, 0.29) is 5.60 Å².